The molecule has 1 fully saturated rings. The zero-order valence-corrected chi connectivity index (χ0v) is 19.0. The molecule has 1 aliphatic rings. The van der Waals surface area contributed by atoms with Crippen LogP contribution in [0.15, 0.2) is 35.2 Å². The third-order valence-electron chi connectivity index (χ3n) is 5.44. The Kier molecular flexibility index (Phi) is 6.76. The molecule has 1 amide bonds. The minimum atomic E-state index is -3.61. The number of carbonyl (C=O) groups is 2. The predicted octanol–water partition coefficient (Wildman–Crippen LogP) is 2.33. The van der Waals surface area contributed by atoms with Crippen LogP contribution in [-0.4, -0.2) is 67.3 Å². The number of hydrogen-bond acceptors (Lipinski definition) is 6. The maximum Gasteiger partial charge on any atom is 0.339 e. The van der Waals surface area contributed by atoms with Crippen molar-refractivity contribution in [3.05, 3.63) is 58.4 Å². The van der Waals surface area contributed by atoms with Crippen molar-refractivity contribution in [1.29, 1.82) is 0 Å². The van der Waals surface area contributed by atoms with Crippen molar-refractivity contribution in [2.45, 2.75) is 32.6 Å². The van der Waals surface area contributed by atoms with Gasteiger partial charge in [0.15, 0.2) is 0 Å². The van der Waals surface area contributed by atoms with E-state index in [1.165, 1.54) is 16.4 Å². The van der Waals surface area contributed by atoms with E-state index >= 15 is 0 Å². The second-order valence-corrected chi connectivity index (χ2v) is 9.43. The van der Waals surface area contributed by atoms with E-state index in [4.69, 9.17) is 4.74 Å². The largest absolute Gasteiger partial charge is 0.462 e. The lowest BCUT2D eigenvalue weighted by Gasteiger charge is -2.34. The van der Waals surface area contributed by atoms with Crippen LogP contribution in [0.3, 0.4) is 0 Å². The number of piperazine rings is 1. The smallest absolute Gasteiger partial charge is 0.339 e. The Morgan fingerprint density at radius 1 is 1.00 bits per heavy atom. The first-order valence-corrected chi connectivity index (χ1v) is 11.6. The number of benzene rings is 1. The van der Waals surface area contributed by atoms with Gasteiger partial charge >= 0.3 is 5.97 Å². The lowest BCUT2D eigenvalue weighted by atomic mass is 10.1. The number of amides is 1. The van der Waals surface area contributed by atoms with Gasteiger partial charge in [0.2, 0.25) is 10.0 Å². The molecule has 0 aliphatic carbocycles. The maximum absolute atomic E-state index is 13.0. The van der Waals surface area contributed by atoms with Crippen LogP contribution in [0.1, 0.15) is 44.6 Å². The molecule has 0 N–H and O–H groups in total. The fourth-order valence-corrected chi connectivity index (χ4v) is 4.93. The second-order valence-electron chi connectivity index (χ2n) is 7.49. The van der Waals surface area contributed by atoms with Crippen molar-refractivity contribution in [3.63, 3.8) is 0 Å². The van der Waals surface area contributed by atoms with Gasteiger partial charge in [-0.1, -0.05) is 6.07 Å². The van der Waals surface area contributed by atoms with Crippen LogP contribution >= 0.6 is 0 Å². The van der Waals surface area contributed by atoms with E-state index in [2.05, 4.69) is 4.98 Å². The lowest BCUT2D eigenvalue weighted by molar-refractivity contribution is 0.0523. The standard InChI is InChI=1S/C22H27N3O5S/c1-5-30-22(27)19-8-9-20(23-17(19)4)21(26)24-10-12-25(13-11-24)31(28,29)18-7-6-15(2)16(3)14-18/h6-9,14H,5,10-13H2,1-4H3. The Hall–Kier alpha value is -2.78. The van der Waals surface area contributed by atoms with E-state index in [0.717, 1.165) is 11.1 Å². The molecule has 2 heterocycles. The van der Waals surface area contributed by atoms with E-state index in [1.54, 1.807) is 36.9 Å². The SMILES string of the molecule is CCOC(=O)c1ccc(C(=O)N2CCN(S(=O)(=O)c3ccc(C)c(C)c3)CC2)nc1C. The van der Waals surface area contributed by atoms with Gasteiger partial charge in [0.05, 0.1) is 22.8 Å². The van der Waals surface area contributed by atoms with Gasteiger partial charge in [-0.25, -0.2) is 18.2 Å². The summed E-state index contributed by atoms with van der Waals surface area (Å²) in [5, 5.41) is 0. The normalized spacial score (nSPS) is 15.0. The number of esters is 1. The molecule has 3 rings (SSSR count). The first-order chi connectivity index (χ1) is 14.6. The summed E-state index contributed by atoms with van der Waals surface area (Å²) in [6.45, 7) is 8.40. The highest BCUT2D eigenvalue weighted by atomic mass is 32.2. The molecule has 9 heteroatoms. The summed E-state index contributed by atoms with van der Waals surface area (Å²) in [7, 11) is -3.61. The molecule has 1 aliphatic heterocycles. The van der Waals surface area contributed by atoms with Gasteiger partial charge < -0.3 is 9.64 Å². The Morgan fingerprint density at radius 2 is 1.68 bits per heavy atom. The maximum atomic E-state index is 13.0. The highest BCUT2D eigenvalue weighted by Crippen LogP contribution is 2.21. The van der Waals surface area contributed by atoms with E-state index in [9.17, 15) is 18.0 Å². The fourth-order valence-electron chi connectivity index (χ4n) is 3.42. The first-order valence-electron chi connectivity index (χ1n) is 10.2. The van der Waals surface area contributed by atoms with Crippen LogP contribution in [0.4, 0.5) is 0 Å². The van der Waals surface area contributed by atoms with Gasteiger partial charge in [-0.05, 0) is 63.1 Å². The van der Waals surface area contributed by atoms with E-state index in [1.807, 2.05) is 13.8 Å². The third-order valence-corrected chi connectivity index (χ3v) is 7.34. The van der Waals surface area contributed by atoms with Gasteiger partial charge in [0.1, 0.15) is 5.69 Å². The molecule has 0 radical (unpaired) electrons. The van der Waals surface area contributed by atoms with Crippen LogP contribution in [0.2, 0.25) is 0 Å². The van der Waals surface area contributed by atoms with Crippen molar-refractivity contribution in [3.8, 4) is 0 Å². The van der Waals surface area contributed by atoms with E-state index in [-0.39, 0.29) is 49.3 Å². The molecule has 0 atom stereocenters. The summed E-state index contributed by atoms with van der Waals surface area (Å²) in [6.07, 6.45) is 0. The van der Waals surface area contributed by atoms with Gasteiger partial charge in [0, 0.05) is 26.2 Å². The molecule has 8 nitrogen and oxygen atoms in total. The average Bonchev–Trinajstić information content (AvgIpc) is 2.75. The molecular formula is C22H27N3O5S. The Bertz CT molecular complexity index is 1110. The average molecular weight is 446 g/mol. The zero-order valence-electron chi connectivity index (χ0n) is 18.2. The topological polar surface area (TPSA) is 96.9 Å². The number of aryl methyl sites for hydroxylation is 3. The predicted molar refractivity (Wildman–Crippen MR) is 116 cm³/mol. The summed E-state index contributed by atoms with van der Waals surface area (Å²) < 4.78 is 32.3. The molecule has 1 aromatic carbocycles. The van der Waals surface area contributed by atoms with Gasteiger partial charge in [-0.2, -0.15) is 4.31 Å². The van der Waals surface area contributed by atoms with Crippen LogP contribution in [-0.2, 0) is 14.8 Å². The van der Waals surface area contributed by atoms with Crippen molar-refractivity contribution < 1.29 is 22.7 Å². The zero-order chi connectivity index (χ0) is 22.8. The van der Waals surface area contributed by atoms with Gasteiger partial charge in [-0.15, -0.1) is 0 Å². The van der Waals surface area contributed by atoms with Crippen molar-refractivity contribution in [2.75, 3.05) is 32.8 Å². The summed E-state index contributed by atoms with van der Waals surface area (Å²) in [6, 6.07) is 8.14. The van der Waals surface area contributed by atoms with Gasteiger partial charge in [0.25, 0.3) is 5.91 Å². The fraction of sp³-hybridized carbons (Fsp3) is 0.409. The van der Waals surface area contributed by atoms with Gasteiger partial charge in [-0.3, -0.25) is 4.79 Å². The molecule has 1 aromatic heterocycles. The first kappa shape index (κ1) is 22.9. The Morgan fingerprint density at radius 3 is 2.26 bits per heavy atom. The quantitative estimate of drug-likeness (QED) is 0.656. The third kappa shape index (κ3) is 4.77. The number of nitrogens with zero attached hydrogens (tertiary/aromatic N) is 3. The molecule has 31 heavy (non-hydrogen) atoms. The molecule has 0 unspecified atom stereocenters. The Labute approximate surface area is 182 Å². The molecule has 0 spiro atoms. The summed E-state index contributed by atoms with van der Waals surface area (Å²) in [4.78, 5) is 30.9. The molecule has 166 valence electrons. The van der Waals surface area contributed by atoms with E-state index < -0.39 is 16.0 Å². The van der Waals surface area contributed by atoms with E-state index in [0.29, 0.717) is 11.3 Å². The number of carbonyl (C=O) groups excluding carboxylic acids is 2. The summed E-state index contributed by atoms with van der Waals surface area (Å²) in [5.41, 5.74) is 2.91. The highest BCUT2D eigenvalue weighted by Gasteiger charge is 2.31. The number of rotatable bonds is 5. The minimum absolute atomic E-state index is 0.209. The van der Waals surface area contributed by atoms with Crippen molar-refractivity contribution in [1.82, 2.24) is 14.2 Å². The number of sulfonamides is 1. The number of pyridine rings is 1. The number of aromatic nitrogens is 1. The molecule has 2 aromatic rings. The van der Waals surface area contributed by atoms with Crippen molar-refractivity contribution >= 4 is 21.9 Å². The minimum Gasteiger partial charge on any atom is -0.462 e. The van der Waals surface area contributed by atoms with Crippen LogP contribution in [0.25, 0.3) is 0 Å². The van der Waals surface area contributed by atoms with Crippen molar-refractivity contribution in [2.24, 2.45) is 0 Å². The number of hydrogen-bond donors (Lipinski definition) is 0. The Balaban J connectivity index is 1.69. The van der Waals surface area contributed by atoms with Crippen LogP contribution in [0, 0.1) is 20.8 Å². The lowest BCUT2D eigenvalue weighted by Crippen LogP contribution is -2.50. The summed E-state index contributed by atoms with van der Waals surface area (Å²) in [5.74, 6) is -0.765. The monoisotopic (exact) mass is 445 g/mol. The second kappa shape index (κ2) is 9.15. The molecule has 1 saturated heterocycles. The number of ether oxygens (including phenoxy) is 1. The molecule has 0 bridgehead atoms. The molecular weight excluding hydrogens is 418 g/mol. The highest BCUT2D eigenvalue weighted by molar-refractivity contribution is 7.89. The van der Waals surface area contributed by atoms with Crippen LogP contribution in [0.5, 0.6) is 0 Å². The van der Waals surface area contributed by atoms with Crippen LogP contribution < -0.4 is 0 Å². The summed E-state index contributed by atoms with van der Waals surface area (Å²) >= 11 is 0. The molecule has 0 saturated carbocycles.